The molecule has 6 heteroatoms. The SMILES string of the molecule is COc1ccc(N2CN(c3ccc(F)cc3C(C)C)c3cc(C)ccc3C2=O)c(C)n1. The molecule has 160 valence electrons. The molecule has 0 fully saturated rings. The van der Waals surface area contributed by atoms with Crippen LogP contribution in [0.5, 0.6) is 5.88 Å². The molecule has 0 bridgehead atoms. The van der Waals surface area contributed by atoms with Gasteiger partial charge in [-0.3, -0.25) is 9.69 Å². The van der Waals surface area contributed by atoms with Gasteiger partial charge in [-0.15, -0.1) is 0 Å². The number of fused-ring (bicyclic) bond motifs is 1. The van der Waals surface area contributed by atoms with Crippen molar-refractivity contribution in [1.29, 1.82) is 0 Å². The molecule has 0 aliphatic carbocycles. The van der Waals surface area contributed by atoms with Gasteiger partial charge in [0.05, 0.1) is 29.7 Å². The Kier molecular flexibility index (Phi) is 5.39. The quantitative estimate of drug-likeness (QED) is 0.542. The van der Waals surface area contributed by atoms with Crippen LogP contribution in [-0.4, -0.2) is 24.7 Å². The monoisotopic (exact) mass is 419 g/mol. The van der Waals surface area contributed by atoms with Crippen molar-refractivity contribution in [2.24, 2.45) is 0 Å². The predicted octanol–water partition coefficient (Wildman–Crippen LogP) is 5.73. The molecule has 1 aliphatic rings. The molecular formula is C25H26FN3O2. The van der Waals surface area contributed by atoms with Crippen LogP contribution in [-0.2, 0) is 0 Å². The zero-order valence-corrected chi connectivity index (χ0v) is 18.4. The number of anilines is 3. The van der Waals surface area contributed by atoms with E-state index in [0.29, 0.717) is 23.8 Å². The first-order chi connectivity index (χ1) is 14.8. The van der Waals surface area contributed by atoms with Gasteiger partial charge in [-0.05, 0) is 67.3 Å². The number of methoxy groups -OCH3 is 1. The zero-order valence-electron chi connectivity index (χ0n) is 18.4. The van der Waals surface area contributed by atoms with Gasteiger partial charge in [-0.25, -0.2) is 9.37 Å². The van der Waals surface area contributed by atoms with Crippen LogP contribution < -0.4 is 14.5 Å². The number of carbonyl (C=O) groups excluding carboxylic acids is 1. The van der Waals surface area contributed by atoms with Crippen molar-refractivity contribution < 1.29 is 13.9 Å². The van der Waals surface area contributed by atoms with Crippen LogP contribution in [0.3, 0.4) is 0 Å². The molecular weight excluding hydrogens is 393 g/mol. The Hall–Kier alpha value is -3.41. The molecule has 1 amide bonds. The number of ether oxygens (including phenoxy) is 1. The maximum atomic E-state index is 14.1. The summed E-state index contributed by atoms with van der Waals surface area (Å²) in [7, 11) is 1.57. The number of amides is 1. The first-order valence-corrected chi connectivity index (χ1v) is 10.3. The van der Waals surface area contributed by atoms with Crippen molar-refractivity contribution in [2.75, 3.05) is 23.6 Å². The fourth-order valence-electron chi connectivity index (χ4n) is 4.03. The number of aromatic nitrogens is 1. The molecule has 0 unspecified atom stereocenters. The van der Waals surface area contributed by atoms with E-state index in [0.717, 1.165) is 28.2 Å². The van der Waals surface area contributed by atoms with Gasteiger partial charge in [0.2, 0.25) is 5.88 Å². The lowest BCUT2D eigenvalue weighted by Gasteiger charge is -2.39. The van der Waals surface area contributed by atoms with E-state index in [-0.39, 0.29) is 17.6 Å². The van der Waals surface area contributed by atoms with E-state index >= 15 is 0 Å². The molecule has 1 aromatic heterocycles. The Morgan fingerprint density at radius 2 is 1.71 bits per heavy atom. The summed E-state index contributed by atoms with van der Waals surface area (Å²) >= 11 is 0. The summed E-state index contributed by atoms with van der Waals surface area (Å²) in [5, 5.41) is 0. The fourth-order valence-corrected chi connectivity index (χ4v) is 4.03. The van der Waals surface area contributed by atoms with Crippen LogP contribution in [0, 0.1) is 19.7 Å². The molecule has 1 aliphatic heterocycles. The summed E-state index contributed by atoms with van der Waals surface area (Å²) in [5.74, 6) is 0.264. The number of aryl methyl sites for hydroxylation is 2. The Balaban J connectivity index is 1.89. The molecule has 2 heterocycles. The molecule has 0 spiro atoms. The van der Waals surface area contributed by atoms with Crippen molar-refractivity contribution in [3.05, 3.63) is 76.7 Å². The minimum Gasteiger partial charge on any atom is -0.481 e. The average Bonchev–Trinajstić information content (AvgIpc) is 2.74. The third kappa shape index (κ3) is 3.74. The first kappa shape index (κ1) is 20.8. The highest BCUT2D eigenvalue weighted by molar-refractivity contribution is 6.12. The van der Waals surface area contributed by atoms with Crippen LogP contribution in [0.15, 0.2) is 48.5 Å². The number of pyridine rings is 1. The lowest BCUT2D eigenvalue weighted by Crippen LogP contribution is -2.45. The molecule has 0 radical (unpaired) electrons. The smallest absolute Gasteiger partial charge is 0.261 e. The van der Waals surface area contributed by atoms with Crippen LogP contribution in [0.2, 0.25) is 0 Å². The second kappa shape index (κ2) is 8.02. The number of carbonyl (C=O) groups is 1. The van der Waals surface area contributed by atoms with Gasteiger partial charge in [0.15, 0.2) is 0 Å². The van der Waals surface area contributed by atoms with Gasteiger partial charge in [0.25, 0.3) is 5.91 Å². The second-order valence-electron chi connectivity index (χ2n) is 8.14. The highest BCUT2D eigenvalue weighted by Crippen LogP contribution is 2.40. The van der Waals surface area contributed by atoms with Crippen molar-refractivity contribution in [2.45, 2.75) is 33.6 Å². The van der Waals surface area contributed by atoms with Gasteiger partial charge < -0.3 is 9.64 Å². The van der Waals surface area contributed by atoms with E-state index in [1.807, 2.05) is 52.0 Å². The lowest BCUT2D eigenvalue weighted by atomic mass is 9.98. The summed E-state index contributed by atoms with van der Waals surface area (Å²) in [6, 6.07) is 14.3. The standard InChI is InChI=1S/C25H26FN3O2/c1-15(2)20-13-18(26)7-9-22(20)28-14-29(21-10-11-24(31-5)27-17(21)4)25(30)19-8-6-16(3)12-23(19)28/h6-13,15H,14H2,1-5H3. The molecule has 4 rings (SSSR count). The fraction of sp³-hybridized carbons (Fsp3) is 0.280. The maximum Gasteiger partial charge on any atom is 0.261 e. The van der Waals surface area contributed by atoms with Crippen LogP contribution in [0.4, 0.5) is 21.5 Å². The topological polar surface area (TPSA) is 45.7 Å². The van der Waals surface area contributed by atoms with Crippen molar-refractivity contribution in [1.82, 2.24) is 4.98 Å². The van der Waals surface area contributed by atoms with Crippen molar-refractivity contribution >= 4 is 23.0 Å². The number of hydrogen-bond donors (Lipinski definition) is 0. The molecule has 0 N–H and O–H groups in total. The van der Waals surface area contributed by atoms with Gasteiger partial charge in [0, 0.05) is 11.8 Å². The summed E-state index contributed by atoms with van der Waals surface area (Å²) in [4.78, 5) is 21.7. The minimum absolute atomic E-state index is 0.0884. The second-order valence-corrected chi connectivity index (χ2v) is 8.14. The average molecular weight is 420 g/mol. The van der Waals surface area contributed by atoms with Crippen LogP contribution >= 0.6 is 0 Å². The summed E-state index contributed by atoms with van der Waals surface area (Å²) in [6.45, 7) is 8.24. The van der Waals surface area contributed by atoms with E-state index < -0.39 is 0 Å². The molecule has 3 aromatic rings. The third-order valence-corrected chi connectivity index (χ3v) is 5.64. The molecule has 0 saturated carbocycles. The number of halogens is 1. The van der Waals surface area contributed by atoms with Crippen LogP contribution in [0.1, 0.15) is 46.9 Å². The Labute approximate surface area is 182 Å². The minimum atomic E-state index is -0.267. The van der Waals surface area contributed by atoms with Crippen LogP contribution in [0.25, 0.3) is 0 Å². The summed E-state index contributed by atoms with van der Waals surface area (Å²) in [6.07, 6.45) is 0. The lowest BCUT2D eigenvalue weighted by molar-refractivity contribution is 0.0983. The molecule has 31 heavy (non-hydrogen) atoms. The number of hydrogen-bond acceptors (Lipinski definition) is 4. The van der Waals surface area contributed by atoms with E-state index in [4.69, 9.17) is 4.74 Å². The van der Waals surface area contributed by atoms with Gasteiger partial charge in [-0.2, -0.15) is 0 Å². The third-order valence-electron chi connectivity index (χ3n) is 5.64. The van der Waals surface area contributed by atoms with Gasteiger partial charge in [0.1, 0.15) is 12.5 Å². The van der Waals surface area contributed by atoms with Gasteiger partial charge in [-0.1, -0.05) is 19.9 Å². The van der Waals surface area contributed by atoms with Crippen molar-refractivity contribution in [3.63, 3.8) is 0 Å². The summed E-state index contributed by atoms with van der Waals surface area (Å²) < 4.78 is 19.3. The van der Waals surface area contributed by atoms with E-state index in [1.54, 1.807) is 30.2 Å². The predicted molar refractivity (Wildman–Crippen MR) is 121 cm³/mol. The number of rotatable bonds is 4. The van der Waals surface area contributed by atoms with E-state index in [9.17, 15) is 9.18 Å². The Morgan fingerprint density at radius 1 is 0.968 bits per heavy atom. The highest BCUT2D eigenvalue weighted by Gasteiger charge is 2.33. The Bertz CT molecular complexity index is 1160. The summed E-state index contributed by atoms with van der Waals surface area (Å²) in [5.41, 5.74) is 5.69. The number of nitrogens with zero attached hydrogens (tertiary/aromatic N) is 3. The van der Waals surface area contributed by atoms with Gasteiger partial charge >= 0.3 is 0 Å². The highest BCUT2D eigenvalue weighted by atomic mass is 19.1. The molecule has 5 nitrogen and oxygen atoms in total. The van der Waals surface area contributed by atoms with E-state index in [1.165, 1.54) is 6.07 Å². The first-order valence-electron chi connectivity index (χ1n) is 10.3. The molecule has 0 saturated heterocycles. The Morgan fingerprint density at radius 3 is 2.39 bits per heavy atom. The molecule has 0 atom stereocenters. The zero-order chi connectivity index (χ0) is 22.3. The van der Waals surface area contributed by atoms with E-state index in [2.05, 4.69) is 9.88 Å². The molecule has 2 aromatic carbocycles. The van der Waals surface area contributed by atoms with Crippen molar-refractivity contribution in [3.8, 4) is 5.88 Å². The normalized spacial score (nSPS) is 13.6. The largest absolute Gasteiger partial charge is 0.481 e. The maximum absolute atomic E-state index is 14.1. The number of benzene rings is 2.